The van der Waals surface area contributed by atoms with E-state index in [2.05, 4.69) is 10.4 Å². The van der Waals surface area contributed by atoms with Crippen LogP contribution in [0, 0.1) is 11.6 Å². The van der Waals surface area contributed by atoms with E-state index in [9.17, 15) is 18.4 Å². The molecule has 0 saturated heterocycles. The largest absolute Gasteiger partial charge is 0.467 e. The van der Waals surface area contributed by atoms with Crippen LogP contribution in [-0.4, -0.2) is 18.0 Å². The van der Waals surface area contributed by atoms with Gasteiger partial charge in [-0.3, -0.25) is 9.59 Å². The number of hydrogen-bond donors (Lipinski definition) is 2. The Labute approximate surface area is 123 Å². The van der Waals surface area contributed by atoms with Gasteiger partial charge in [0, 0.05) is 0 Å². The molecule has 0 unspecified atom stereocenters. The molecule has 8 heteroatoms. The van der Waals surface area contributed by atoms with Crippen LogP contribution >= 0.6 is 0 Å². The van der Waals surface area contributed by atoms with Gasteiger partial charge >= 0.3 is 11.8 Å². The van der Waals surface area contributed by atoms with Gasteiger partial charge in [-0.1, -0.05) is 6.07 Å². The van der Waals surface area contributed by atoms with Crippen LogP contribution in [0.1, 0.15) is 11.3 Å². The Morgan fingerprint density at radius 2 is 2.00 bits per heavy atom. The average molecular weight is 307 g/mol. The first-order chi connectivity index (χ1) is 10.6. The van der Waals surface area contributed by atoms with E-state index in [0.29, 0.717) is 5.76 Å². The van der Waals surface area contributed by atoms with Gasteiger partial charge in [0.15, 0.2) is 11.6 Å². The van der Waals surface area contributed by atoms with Crippen molar-refractivity contribution >= 4 is 18.0 Å². The summed E-state index contributed by atoms with van der Waals surface area (Å²) in [6.45, 7) is 0.0616. The topological polar surface area (TPSA) is 83.7 Å². The van der Waals surface area contributed by atoms with Crippen molar-refractivity contribution in [1.29, 1.82) is 0 Å². The van der Waals surface area contributed by atoms with E-state index in [1.165, 1.54) is 12.3 Å². The minimum absolute atomic E-state index is 0.0616. The predicted octanol–water partition coefficient (Wildman–Crippen LogP) is 1.32. The molecule has 0 spiro atoms. The lowest BCUT2D eigenvalue weighted by molar-refractivity contribution is -0.139. The minimum Gasteiger partial charge on any atom is -0.467 e. The molecule has 22 heavy (non-hydrogen) atoms. The van der Waals surface area contributed by atoms with Crippen molar-refractivity contribution in [3.8, 4) is 0 Å². The van der Waals surface area contributed by atoms with Crippen LogP contribution in [0.3, 0.4) is 0 Å². The average Bonchev–Trinajstić information content (AvgIpc) is 3.01. The summed E-state index contributed by atoms with van der Waals surface area (Å²) >= 11 is 0. The Balaban J connectivity index is 1.82. The molecule has 0 bridgehead atoms. The van der Waals surface area contributed by atoms with Crippen molar-refractivity contribution in [2.45, 2.75) is 6.54 Å². The van der Waals surface area contributed by atoms with Crippen LogP contribution in [0.4, 0.5) is 8.78 Å². The van der Waals surface area contributed by atoms with Gasteiger partial charge in [0.1, 0.15) is 5.76 Å². The zero-order valence-corrected chi connectivity index (χ0v) is 11.2. The van der Waals surface area contributed by atoms with E-state index in [1.807, 2.05) is 5.43 Å². The van der Waals surface area contributed by atoms with Gasteiger partial charge in [-0.15, -0.1) is 0 Å². The van der Waals surface area contributed by atoms with Crippen molar-refractivity contribution in [2.75, 3.05) is 0 Å². The number of halogens is 2. The van der Waals surface area contributed by atoms with E-state index in [1.54, 1.807) is 12.1 Å². The molecule has 2 N–H and O–H groups in total. The second-order valence-corrected chi connectivity index (χ2v) is 4.13. The molecule has 2 rings (SSSR count). The molecule has 0 aliphatic rings. The van der Waals surface area contributed by atoms with Gasteiger partial charge in [-0.2, -0.15) is 5.10 Å². The number of hydrazone groups is 1. The van der Waals surface area contributed by atoms with E-state index in [4.69, 9.17) is 4.42 Å². The van der Waals surface area contributed by atoms with Gasteiger partial charge in [-0.25, -0.2) is 14.2 Å². The minimum atomic E-state index is -1.04. The molecule has 0 fully saturated rings. The summed E-state index contributed by atoms with van der Waals surface area (Å²) < 4.78 is 30.6. The molecular weight excluding hydrogens is 296 g/mol. The summed E-state index contributed by atoms with van der Waals surface area (Å²) in [6.07, 6.45) is 2.52. The lowest BCUT2D eigenvalue weighted by Crippen LogP contribution is -2.37. The highest BCUT2D eigenvalue weighted by Crippen LogP contribution is 2.06. The first kappa shape index (κ1) is 15.4. The number of rotatable bonds is 4. The fourth-order valence-electron chi connectivity index (χ4n) is 1.47. The van der Waals surface area contributed by atoms with E-state index in [-0.39, 0.29) is 12.1 Å². The Morgan fingerprint density at radius 3 is 2.68 bits per heavy atom. The number of furan rings is 1. The van der Waals surface area contributed by atoms with Gasteiger partial charge in [-0.05, 0) is 29.8 Å². The predicted molar refractivity (Wildman–Crippen MR) is 72.6 cm³/mol. The van der Waals surface area contributed by atoms with Crippen molar-refractivity contribution in [3.63, 3.8) is 0 Å². The maximum Gasteiger partial charge on any atom is 0.329 e. The second kappa shape index (κ2) is 7.11. The molecule has 114 valence electrons. The number of benzene rings is 1. The molecule has 1 heterocycles. The SMILES string of the molecule is O=C(NCc1ccco1)C(=O)N/N=C\c1ccc(F)c(F)c1. The molecule has 0 aliphatic heterocycles. The Bertz CT molecular complexity index is 699. The third-order valence-corrected chi connectivity index (χ3v) is 2.53. The fourth-order valence-corrected chi connectivity index (χ4v) is 1.47. The van der Waals surface area contributed by atoms with Crippen LogP contribution < -0.4 is 10.7 Å². The molecule has 0 aliphatic carbocycles. The monoisotopic (exact) mass is 307 g/mol. The first-order valence-corrected chi connectivity index (χ1v) is 6.15. The first-order valence-electron chi connectivity index (χ1n) is 6.15. The summed E-state index contributed by atoms with van der Waals surface area (Å²) in [5, 5.41) is 5.80. The van der Waals surface area contributed by atoms with Crippen LogP contribution in [0.25, 0.3) is 0 Å². The van der Waals surface area contributed by atoms with Crippen LogP contribution in [0.2, 0.25) is 0 Å². The maximum atomic E-state index is 12.9. The lowest BCUT2D eigenvalue weighted by Gasteiger charge is -2.01. The van der Waals surface area contributed by atoms with Crippen molar-refractivity contribution in [3.05, 3.63) is 59.6 Å². The van der Waals surface area contributed by atoms with Crippen molar-refractivity contribution in [2.24, 2.45) is 5.10 Å². The Kier molecular flexibility index (Phi) is 4.97. The van der Waals surface area contributed by atoms with Gasteiger partial charge < -0.3 is 9.73 Å². The third-order valence-electron chi connectivity index (χ3n) is 2.53. The standard InChI is InChI=1S/C14H11F2N3O3/c15-11-4-3-9(6-12(11)16)7-18-19-14(21)13(20)17-8-10-2-1-5-22-10/h1-7H,8H2,(H,17,20)(H,19,21)/b18-7-. The van der Waals surface area contributed by atoms with Gasteiger partial charge in [0.05, 0.1) is 19.0 Å². The van der Waals surface area contributed by atoms with Crippen LogP contribution in [0.5, 0.6) is 0 Å². The Morgan fingerprint density at radius 1 is 1.18 bits per heavy atom. The zero-order valence-electron chi connectivity index (χ0n) is 11.2. The Hall–Kier alpha value is -3.03. The summed E-state index contributed by atoms with van der Waals surface area (Å²) in [6, 6.07) is 6.38. The molecule has 2 aromatic rings. The highest BCUT2D eigenvalue weighted by atomic mass is 19.2. The molecule has 1 aromatic carbocycles. The summed E-state index contributed by atoms with van der Waals surface area (Å²) in [5.74, 6) is -3.43. The molecular formula is C14H11F2N3O3. The van der Waals surface area contributed by atoms with E-state index >= 15 is 0 Å². The number of hydrogen-bond acceptors (Lipinski definition) is 4. The van der Waals surface area contributed by atoms with E-state index < -0.39 is 23.4 Å². The molecule has 1 aromatic heterocycles. The van der Waals surface area contributed by atoms with Gasteiger partial charge in [0.2, 0.25) is 0 Å². The van der Waals surface area contributed by atoms with Crippen LogP contribution in [-0.2, 0) is 16.1 Å². The number of nitrogens with zero attached hydrogens (tertiary/aromatic N) is 1. The number of nitrogens with one attached hydrogen (secondary N) is 2. The fraction of sp³-hybridized carbons (Fsp3) is 0.0714. The second-order valence-electron chi connectivity index (χ2n) is 4.13. The molecule has 2 amide bonds. The normalized spacial score (nSPS) is 10.6. The highest BCUT2D eigenvalue weighted by molar-refractivity contribution is 6.35. The summed E-state index contributed by atoms with van der Waals surface area (Å²) in [5.41, 5.74) is 2.20. The quantitative estimate of drug-likeness (QED) is 0.508. The maximum absolute atomic E-state index is 12.9. The number of carbonyl (C=O) groups excluding carboxylic acids is 2. The lowest BCUT2D eigenvalue weighted by atomic mass is 10.2. The van der Waals surface area contributed by atoms with E-state index in [0.717, 1.165) is 18.3 Å². The summed E-state index contributed by atoms with van der Waals surface area (Å²) in [4.78, 5) is 22.8. The van der Waals surface area contributed by atoms with Crippen molar-refractivity contribution < 1.29 is 22.8 Å². The smallest absolute Gasteiger partial charge is 0.329 e. The molecule has 0 saturated carbocycles. The van der Waals surface area contributed by atoms with Gasteiger partial charge in [0.25, 0.3) is 0 Å². The highest BCUT2D eigenvalue weighted by Gasteiger charge is 2.12. The zero-order chi connectivity index (χ0) is 15.9. The molecule has 6 nitrogen and oxygen atoms in total. The summed E-state index contributed by atoms with van der Waals surface area (Å²) in [7, 11) is 0. The van der Waals surface area contributed by atoms with Crippen molar-refractivity contribution in [1.82, 2.24) is 10.7 Å². The number of amides is 2. The molecule has 0 atom stereocenters. The van der Waals surface area contributed by atoms with Crippen LogP contribution in [0.15, 0.2) is 46.1 Å². The third kappa shape index (κ3) is 4.23. The molecule has 0 radical (unpaired) electrons. The number of carbonyl (C=O) groups is 2.